The van der Waals surface area contributed by atoms with Crippen molar-refractivity contribution in [3.8, 4) is 0 Å². The highest BCUT2D eigenvalue weighted by atomic mass is 19.1. The molecule has 0 spiro atoms. The standard InChI is InChI=1S/C25H29FN6O2/c1-4-32-20-8-6-5-7-16(20)11-17(25(32)34)13-29-24-21(23(28)30-14-31-24)22(27)19(15(2)3)12-18(33)9-10-26/h5-9,11-12,14-15,27,33H,4,10,13H2,1-3H3,(H3,28,29,30,31)/b18-9+,19-12+,27-22?. The van der Waals surface area contributed by atoms with E-state index in [2.05, 4.69) is 15.3 Å². The lowest BCUT2D eigenvalue weighted by Crippen LogP contribution is -2.25. The van der Waals surface area contributed by atoms with Crippen molar-refractivity contribution in [2.75, 3.05) is 17.7 Å². The van der Waals surface area contributed by atoms with Crippen LogP contribution in [-0.4, -0.2) is 32.0 Å². The van der Waals surface area contributed by atoms with Crippen molar-refractivity contribution in [3.63, 3.8) is 0 Å². The minimum atomic E-state index is -0.828. The summed E-state index contributed by atoms with van der Waals surface area (Å²) in [5, 5.41) is 22.8. The zero-order valence-corrected chi connectivity index (χ0v) is 19.5. The van der Waals surface area contributed by atoms with Gasteiger partial charge in [-0.05, 0) is 48.1 Å². The summed E-state index contributed by atoms with van der Waals surface area (Å²) in [6.07, 6.45) is 3.63. The van der Waals surface area contributed by atoms with E-state index in [0.717, 1.165) is 17.0 Å². The molecular weight excluding hydrogens is 435 g/mol. The summed E-state index contributed by atoms with van der Waals surface area (Å²) >= 11 is 0. The van der Waals surface area contributed by atoms with E-state index in [-0.39, 0.29) is 46.7 Å². The highest BCUT2D eigenvalue weighted by molar-refractivity contribution is 6.16. The number of halogens is 1. The van der Waals surface area contributed by atoms with Crippen LogP contribution in [0.5, 0.6) is 0 Å². The van der Waals surface area contributed by atoms with Crippen molar-refractivity contribution in [3.05, 3.63) is 81.6 Å². The number of nitrogens with zero attached hydrogens (tertiary/aromatic N) is 3. The molecule has 0 radical (unpaired) electrons. The topological polar surface area (TPSA) is 130 Å². The number of hydrogen-bond acceptors (Lipinski definition) is 7. The molecule has 9 heteroatoms. The predicted octanol–water partition coefficient (Wildman–Crippen LogP) is 4.37. The van der Waals surface area contributed by atoms with Gasteiger partial charge in [0, 0.05) is 18.7 Å². The van der Waals surface area contributed by atoms with Crippen LogP contribution in [0.1, 0.15) is 31.9 Å². The third kappa shape index (κ3) is 5.14. The maximum Gasteiger partial charge on any atom is 0.256 e. The van der Waals surface area contributed by atoms with Gasteiger partial charge in [0.1, 0.15) is 30.4 Å². The number of aliphatic hydroxyl groups excluding tert-OH is 1. The van der Waals surface area contributed by atoms with Gasteiger partial charge in [-0.15, -0.1) is 0 Å². The third-order valence-corrected chi connectivity index (χ3v) is 5.47. The Balaban J connectivity index is 2.01. The van der Waals surface area contributed by atoms with Crippen LogP contribution in [0.3, 0.4) is 0 Å². The Morgan fingerprint density at radius 3 is 2.74 bits per heavy atom. The predicted molar refractivity (Wildman–Crippen MR) is 134 cm³/mol. The van der Waals surface area contributed by atoms with Crippen molar-refractivity contribution in [2.45, 2.75) is 33.9 Å². The summed E-state index contributed by atoms with van der Waals surface area (Å²) in [7, 11) is 0. The number of benzene rings is 1. The number of nitrogen functional groups attached to an aromatic ring is 1. The number of allylic oxidation sites excluding steroid dienone is 3. The molecule has 1 aromatic carbocycles. The van der Waals surface area contributed by atoms with E-state index in [9.17, 15) is 14.3 Å². The molecule has 0 aliphatic carbocycles. The van der Waals surface area contributed by atoms with Crippen LogP contribution >= 0.6 is 0 Å². The number of alkyl halides is 1. The third-order valence-electron chi connectivity index (χ3n) is 5.47. The maximum absolute atomic E-state index is 13.1. The molecule has 0 bridgehead atoms. The molecule has 0 fully saturated rings. The van der Waals surface area contributed by atoms with Crippen LogP contribution in [-0.2, 0) is 13.1 Å². The fraction of sp³-hybridized carbons (Fsp3) is 0.280. The molecule has 0 aliphatic heterocycles. The monoisotopic (exact) mass is 464 g/mol. The van der Waals surface area contributed by atoms with E-state index in [0.29, 0.717) is 17.7 Å². The molecule has 0 atom stereocenters. The van der Waals surface area contributed by atoms with Crippen LogP contribution in [0.2, 0.25) is 0 Å². The van der Waals surface area contributed by atoms with Gasteiger partial charge in [0.25, 0.3) is 5.56 Å². The molecule has 8 nitrogen and oxygen atoms in total. The van der Waals surface area contributed by atoms with Crippen molar-refractivity contribution in [2.24, 2.45) is 5.92 Å². The van der Waals surface area contributed by atoms with Gasteiger partial charge >= 0.3 is 0 Å². The zero-order valence-electron chi connectivity index (χ0n) is 19.5. The lowest BCUT2D eigenvalue weighted by atomic mass is 9.93. The molecule has 0 saturated heterocycles. The smallest absolute Gasteiger partial charge is 0.256 e. The van der Waals surface area contributed by atoms with Gasteiger partial charge in [-0.25, -0.2) is 14.4 Å². The average Bonchev–Trinajstić information content (AvgIpc) is 2.81. The first-order chi connectivity index (χ1) is 16.3. The fourth-order valence-corrected chi connectivity index (χ4v) is 3.76. The number of fused-ring (bicyclic) bond motifs is 1. The number of aromatic nitrogens is 3. The molecule has 3 rings (SSSR count). The number of aliphatic hydroxyl groups is 1. The molecule has 2 aromatic heterocycles. The number of anilines is 2. The molecule has 0 amide bonds. The SMILES string of the molecule is CCn1c(=O)c(CNc2ncnc(N)c2C(=N)/C(=C/C(O)=C\CF)C(C)C)cc2ccccc21. The molecular formula is C25H29FN6O2. The van der Waals surface area contributed by atoms with E-state index >= 15 is 0 Å². The Kier molecular flexibility index (Phi) is 7.78. The number of pyridine rings is 1. The average molecular weight is 465 g/mol. The molecule has 3 aromatic rings. The normalized spacial score (nSPS) is 12.4. The van der Waals surface area contributed by atoms with Crippen LogP contribution in [0.15, 0.2) is 64.9 Å². The summed E-state index contributed by atoms with van der Waals surface area (Å²) < 4.78 is 14.3. The van der Waals surface area contributed by atoms with Crippen LogP contribution in [0.4, 0.5) is 16.0 Å². The van der Waals surface area contributed by atoms with Gasteiger partial charge in [-0.2, -0.15) is 0 Å². The molecule has 0 unspecified atom stereocenters. The summed E-state index contributed by atoms with van der Waals surface area (Å²) in [5.74, 6) is -0.0920. The minimum Gasteiger partial charge on any atom is -0.508 e. The lowest BCUT2D eigenvalue weighted by molar-refractivity contribution is 0.421. The van der Waals surface area contributed by atoms with Crippen molar-refractivity contribution in [1.29, 1.82) is 5.41 Å². The van der Waals surface area contributed by atoms with Gasteiger partial charge < -0.3 is 20.7 Å². The van der Waals surface area contributed by atoms with Gasteiger partial charge in [0.05, 0.1) is 16.8 Å². The molecule has 0 saturated carbocycles. The van der Waals surface area contributed by atoms with E-state index in [4.69, 9.17) is 11.1 Å². The Morgan fingerprint density at radius 2 is 2.06 bits per heavy atom. The van der Waals surface area contributed by atoms with Gasteiger partial charge in [0.15, 0.2) is 0 Å². The first-order valence-electron chi connectivity index (χ1n) is 11.0. The Bertz CT molecular complexity index is 1330. The number of rotatable bonds is 9. The van der Waals surface area contributed by atoms with E-state index in [1.165, 1.54) is 12.4 Å². The Labute approximate surface area is 197 Å². The summed E-state index contributed by atoms with van der Waals surface area (Å²) in [4.78, 5) is 21.3. The molecule has 0 aliphatic rings. The second kappa shape index (κ2) is 10.7. The summed E-state index contributed by atoms with van der Waals surface area (Å²) in [5.41, 5.74) is 8.07. The van der Waals surface area contributed by atoms with Crippen LogP contribution in [0.25, 0.3) is 10.9 Å². The zero-order chi connectivity index (χ0) is 24.8. The van der Waals surface area contributed by atoms with Crippen molar-refractivity contribution < 1.29 is 9.50 Å². The number of nitrogens with two attached hydrogens (primary N) is 1. The molecule has 178 valence electrons. The number of aryl methyl sites for hydroxylation is 1. The number of nitrogens with one attached hydrogen (secondary N) is 2. The fourth-order valence-electron chi connectivity index (χ4n) is 3.76. The van der Waals surface area contributed by atoms with Gasteiger partial charge in [0.2, 0.25) is 0 Å². The van der Waals surface area contributed by atoms with Gasteiger partial charge in [-0.1, -0.05) is 32.0 Å². The highest BCUT2D eigenvalue weighted by Gasteiger charge is 2.21. The van der Waals surface area contributed by atoms with Crippen LogP contribution < -0.4 is 16.6 Å². The Morgan fingerprint density at radius 1 is 1.32 bits per heavy atom. The summed E-state index contributed by atoms with van der Waals surface area (Å²) in [6, 6.07) is 9.51. The maximum atomic E-state index is 13.1. The van der Waals surface area contributed by atoms with E-state index in [1.54, 1.807) is 4.57 Å². The van der Waals surface area contributed by atoms with Crippen molar-refractivity contribution >= 4 is 28.3 Å². The van der Waals surface area contributed by atoms with Gasteiger partial charge in [-0.3, -0.25) is 10.2 Å². The number of para-hydroxylation sites is 1. The van der Waals surface area contributed by atoms with E-state index in [1.807, 2.05) is 51.1 Å². The Hall–Kier alpha value is -4.01. The molecule has 2 heterocycles. The molecule has 5 N–H and O–H groups in total. The van der Waals surface area contributed by atoms with Crippen LogP contribution in [0, 0.1) is 11.3 Å². The number of hydrogen-bond donors (Lipinski definition) is 4. The first kappa shape index (κ1) is 24.6. The summed E-state index contributed by atoms with van der Waals surface area (Å²) in [6.45, 7) is 5.47. The molecule has 34 heavy (non-hydrogen) atoms. The largest absolute Gasteiger partial charge is 0.508 e. The lowest BCUT2D eigenvalue weighted by Gasteiger charge is -2.18. The second-order valence-electron chi connectivity index (χ2n) is 8.03. The highest BCUT2D eigenvalue weighted by Crippen LogP contribution is 2.26. The van der Waals surface area contributed by atoms with Crippen molar-refractivity contribution in [1.82, 2.24) is 14.5 Å². The second-order valence-corrected chi connectivity index (χ2v) is 8.03. The first-order valence-corrected chi connectivity index (χ1v) is 11.0. The minimum absolute atomic E-state index is 0.00103. The quantitative estimate of drug-likeness (QED) is 0.211. The van der Waals surface area contributed by atoms with E-state index < -0.39 is 6.67 Å².